The van der Waals surface area contributed by atoms with Crippen LogP contribution in [0.1, 0.15) is 25.1 Å². The van der Waals surface area contributed by atoms with Gasteiger partial charge in [0.2, 0.25) is 5.88 Å². The minimum Gasteiger partial charge on any atom is -0.475 e. The number of halogens is 1. The molecule has 0 fully saturated rings. The first-order valence-electron chi connectivity index (χ1n) is 4.30. The van der Waals surface area contributed by atoms with Gasteiger partial charge in [-0.3, -0.25) is 0 Å². The molecule has 1 heterocycles. The van der Waals surface area contributed by atoms with Crippen molar-refractivity contribution >= 4 is 15.9 Å². The maximum atomic E-state index is 8.77. The monoisotopic (exact) mass is 254 g/mol. The van der Waals surface area contributed by atoms with E-state index in [4.69, 9.17) is 10.00 Å². The van der Waals surface area contributed by atoms with E-state index in [0.717, 1.165) is 0 Å². The first-order chi connectivity index (χ1) is 6.67. The molecule has 0 radical (unpaired) electrons. The zero-order valence-electron chi connectivity index (χ0n) is 8.12. The Labute approximate surface area is 91.8 Å². The Morgan fingerprint density at radius 2 is 2.29 bits per heavy atom. The molecule has 0 aliphatic rings. The van der Waals surface area contributed by atoms with Crippen molar-refractivity contribution < 1.29 is 4.74 Å². The van der Waals surface area contributed by atoms with Crippen LogP contribution in [0.5, 0.6) is 5.88 Å². The van der Waals surface area contributed by atoms with E-state index in [2.05, 4.69) is 27.0 Å². The summed E-state index contributed by atoms with van der Waals surface area (Å²) < 4.78 is 5.41. The Hall–Kier alpha value is -1.08. The van der Waals surface area contributed by atoms with Crippen LogP contribution in [0.25, 0.3) is 0 Å². The van der Waals surface area contributed by atoms with Crippen molar-refractivity contribution in [3.63, 3.8) is 0 Å². The molecule has 1 aromatic heterocycles. The molecular formula is C10H11BrN2O. The number of nitrogens with zero attached hydrogens (tertiary/aromatic N) is 2. The van der Waals surface area contributed by atoms with E-state index >= 15 is 0 Å². The highest BCUT2D eigenvalue weighted by Gasteiger charge is 2.05. The van der Waals surface area contributed by atoms with E-state index in [-0.39, 0.29) is 6.10 Å². The molecule has 14 heavy (non-hydrogen) atoms. The van der Waals surface area contributed by atoms with Crippen molar-refractivity contribution in [1.82, 2.24) is 4.98 Å². The summed E-state index contributed by atoms with van der Waals surface area (Å²) in [5.74, 6) is 0.563. The average molecular weight is 255 g/mol. The van der Waals surface area contributed by atoms with Crippen molar-refractivity contribution in [2.45, 2.75) is 25.3 Å². The fourth-order valence-electron chi connectivity index (χ4n) is 0.992. The molecule has 0 spiro atoms. The third-order valence-corrected chi connectivity index (χ3v) is 2.08. The molecule has 1 rings (SSSR count). The molecule has 0 saturated heterocycles. The molecule has 0 N–H and O–H groups in total. The van der Waals surface area contributed by atoms with Gasteiger partial charge in [-0.05, 0) is 19.9 Å². The van der Waals surface area contributed by atoms with Gasteiger partial charge in [0.1, 0.15) is 6.07 Å². The van der Waals surface area contributed by atoms with E-state index in [9.17, 15) is 0 Å². The maximum Gasteiger partial charge on any atom is 0.213 e. The maximum absolute atomic E-state index is 8.77. The largest absolute Gasteiger partial charge is 0.475 e. The molecule has 0 saturated carbocycles. The molecule has 0 amide bonds. The topological polar surface area (TPSA) is 45.9 Å². The molecule has 0 atom stereocenters. The number of alkyl halides is 1. The first-order valence-corrected chi connectivity index (χ1v) is 5.42. The second-order valence-corrected chi connectivity index (χ2v) is 3.62. The summed E-state index contributed by atoms with van der Waals surface area (Å²) in [6.45, 7) is 3.88. The van der Waals surface area contributed by atoms with Crippen molar-refractivity contribution in [3.8, 4) is 11.9 Å². The Balaban J connectivity index is 2.97. The number of hydrogen-bond acceptors (Lipinski definition) is 3. The Kier molecular flexibility index (Phi) is 3.90. The first kappa shape index (κ1) is 11.0. The second kappa shape index (κ2) is 4.97. The minimum atomic E-state index is 0.0959. The molecule has 0 unspecified atom stereocenters. The SMILES string of the molecule is CC(C)Oc1ccc(C#N)c(CBr)n1. The van der Waals surface area contributed by atoms with Crippen LogP contribution in [0.4, 0.5) is 0 Å². The number of pyridine rings is 1. The molecular weight excluding hydrogens is 244 g/mol. The predicted octanol–water partition coefficient (Wildman–Crippen LogP) is 2.64. The second-order valence-electron chi connectivity index (χ2n) is 3.06. The number of hydrogen-bond donors (Lipinski definition) is 0. The van der Waals surface area contributed by atoms with Crippen molar-refractivity contribution in [2.75, 3.05) is 0 Å². The Morgan fingerprint density at radius 1 is 1.57 bits per heavy atom. The van der Waals surface area contributed by atoms with Gasteiger partial charge in [0.05, 0.1) is 17.4 Å². The lowest BCUT2D eigenvalue weighted by Crippen LogP contribution is -2.07. The third-order valence-electron chi connectivity index (χ3n) is 1.55. The molecule has 0 aromatic carbocycles. The van der Waals surface area contributed by atoms with Crippen molar-refractivity contribution in [2.24, 2.45) is 0 Å². The molecule has 0 bridgehead atoms. The Bertz CT molecular complexity index is 358. The van der Waals surface area contributed by atoms with E-state index in [1.54, 1.807) is 12.1 Å². The molecule has 3 nitrogen and oxygen atoms in total. The van der Waals surface area contributed by atoms with E-state index in [0.29, 0.717) is 22.5 Å². The summed E-state index contributed by atoms with van der Waals surface area (Å²) in [6.07, 6.45) is 0.0959. The lowest BCUT2D eigenvalue weighted by Gasteiger charge is -2.09. The summed E-state index contributed by atoms with van der Waals surface area (Å²) in [5, 5.41) is 9.33. The number of rotatable bonds is 3. The quantitative estimate of drug-likeness (QED) is 0.780. The summed E-state index contributed by atoms with van der Waals surface area (Å²) in [7, 11) is 0. The van der Waals surface area contributed by atoms with Crippen LogP contribution in [-0.2, 0) is 5.33 Å². The number of aromatic nitrogens is 1. The van der Waals surface area contributed by atoms with E-state index in [1.807, 2.05) is 13.8 Å². The van der Waals surface area contributed by atoms with Crippen LogP contribution in [0.2, 0.25) is 0 Å². The van der Waals surface area contributed by atoms with Gasteiger partial charge in [-0.2, -0.15) is 5.26 Å². The predicted molar refractivity (Wildman–Crippen MR) is 57.3 cm³/mol. The van der Waals surface area contributed by atoms with Crippen molar-refractivity contribution in [3.05, 3.63) is 23.4 Å². The van der Waals surface area contributed by atoms with Gasteiger partial charge in [0, 0.05) is 11.4 Å². The van der Waals surface area contributed by atoms with Crippen LogP contribution in [0, 0.1) is 11.3 Å². The van der Waals surface area contributed by atoms with Crippen LogP contribution in [0.3, 0.4) is 0 Å². The number of ether oxygens (including phenoxy) is 1. The molecule has 0 aliphatic carbocycles. The van der Waals surface area contributed by atoms with Crippen LogP contribution >= 0.6 is 15.9 Å². The molecule has 4 heteroatoms. The highest BCUT2D eigenvalue weighted by Crippen LogP contribution is 2.15. The standard InChI is InChI=1S/C10H11BrN2O/c1-7(2)14-10-4-3-8(6-12)9(5-11)13-10/h3-4,7H,5H2,1-2H3. The zero-order valence-corrected chi connectivity index (χ0v) is 9.71. The minimum absolute atomic E-state index is 0.0959. The molecule has 0 aliphatic heterocycles. The number of nitriles is 1. The summed E-state index contributed by atoms with van der Waals surface area (Å²) >= 11 is 3.28. The van der Waals surface area contributed by atoms with Gasteiger partial charge < -0.3 is 4.74 Å². The van der Waals surface area contributed by atoms with Crippen LogP contribution in [-0.4, -0.2) is 11.1 Å². The lowest BCUT2D eigenvalue weighted by molar-refractivity contribution is 0.232. The van der Waals surface area contributed by atoms with Crippen molar-refractivity contribution in [1.29, 1.82) is 5.26 Å². The van der Waals surface area contributed by atoms with Gasteiger partial charge in [-0.1, -0.05) is 15.9 Å². The molecule has 74 valence electrons. The summed E-state index contributed by atoms with van der Waals surface area (Å²) in [6, 6.07) is 5.52. The summed E-state index contributed by atoms with van der Waals surface area (Å²) in [5.41, 5.74) is 1.30. The normalized spacial score (nSPS) is 9.93. The van der Waals surface area contributed by atoms with E-state index in [1.165, 1.54) is 0 Å². The fraction of sp³-hybridized carbons (Fsp3) is 0.400. The molecule has 1 aromatic rings. The van der Waals surface area contributed by atoms with Gasteiger partial charge in [0.15, 0.2) is 0 Å². The van der Waals surface area contributed by atoms with Gasteiger partial charge >= 0.3 is 0 Å². The van der Waals surface area contributed by atoms with E-state index < -0.39 is 0 Å². The van der Waals surface area contributed by atoms with Gasteiger partial charge in [-0.15, -0.1) is 0 Å². The smallest absolute Gasteiger partial charge is 0.213 e. The fourth-order valence-corrected chi connectivity index (χ4v) is 1.42. The zero-order chi connectivity index (χ0) is 10.6. The third kappa shape index (κ3) is 2.71. The van der Waals surface area contributed by atoms with Gasteiger partial charge in [-0.25, -0.2) is 4.98 Å². The summed E-state index contributed by atoms with van der Waals surface area (Å²) in [4.78, 5) is 4.21. The van der Waals surface area contributed by atoms with Crippen LogP contribution < -0.4 is 4.74 Å². The lowest BCUT2D eigenvalue weighted by atomic mass is 10.2. The van der Waals surface area contributed by atoms with Gasteiger partial charge in [0.25, 0.3) is 0 Å². The highest BCUT2D eigenvalue weighted by molar-refractivity contribution is 9.08. The average Bonchev–Trinajstić information content (AvgIpc) is 2.16. The Morgan fingerprint density at radius 3 is 2.79 bits per heavy atom. The highest BCUT2D eigenvalue weighted by atomic mass is 79.9. The van der Waals surface area contributed by atoms with Crippen LogP contribution in [0.15, 0.2) is 12.1 Å².